The average Bonchev–Trinajstić information content (AvgIpc) is 3.25. The molecule has 1 saturated heterocycles. The van der Waals surface area contributed by atoms with Crippen molar-refractivity contribution in [2.45, 2.75) is 32.1 Å². The van der Waals surface area contributed by atoms with Gasteiger partial charge >= 0.3 is 11.9 Å². The molecule has 2 atom stereocenters. The zero-order chi connectivity index (χ0) is 30.0. The first-order chi connectivity index (χ1) is 20.6. The van der Waals surface area contributed by atoms with Gasteiger partial charge in [-0.05, 0) is 61.9 Å². The number of hydrogen-bond acceptors (Lipinski definition) is 5. The van der Waals surface area contributed by atoms with Crippen LogP contribution in [0.5, 0.6) is 0 Å². The Labute approximate surface area is 245 Å². The summed E-state index contributed by atoms with van der Waals surface area (Å²) < 4.78 is 46.5. The Morgan fingerprint density at radius 2 is 1.60 bits per heavy atom. The van der Waals surface area contributed by atoms with E-state index in [2.05, 4.69) is 15.3 Å². The van der Waals surface area contributed by atoms with Crippen molar-refractivity contribution in [2.75, 3.05) is 18.0 Å². The highest BCUT2D eigenvalue weighted by molar-refractivity contribution is 6.05. The molecule has 1 N–H and O–H groups in total. The monoisotopic (exact) mass is 582 g/mol. The van der Waals surface area contributed by atoms with E-state index in [1.54, 1.807) is 30.4 Å². The van der Waals surface area contributed by atoms with Crippen molar-refractivity contribution in [1.82, 2.24) is 24.4 Å². The molecule has 7 nitrogen and oxygen atoms in total. The highest BCUT2D eigenvalue weighted by Gasteiger charge is 2.37. The van der Waals surface area contributed by atoms with Crippen LogP contribution in [-0.4, -0.2) is 44.3 Å². The van der Waals surface area contributed by atoms with E-state index in [4.69, 9.17) is 0 Å². The third-order valence-corrected chi connectivity index (χ3v) is 8.25. The van der Waals surface area contributed by atoms with Crippen molar-refractivity contribution in [3.05, 3.63) is 95.2 Å². The predicted octanol–water partition coefficient (Wildman–Crippen LogP) is 6.30. The van der Waals surface area contributed by atoms with E-state index in [1.807, 2.05) is 62.4 Å². The van der Waals surface area contributed by atoms with Gasteiger partial charge in [-0.15, -0.1) is 0 Å². The number of nitrogens with one attached hydrogen (secondary N) is 1. The molecule has 0 aliphatic carbocycles. The Bertz CT molecular complexity index is 2090. The molecule has 43 heavy (non-hydrogen) atoms. The highest BCUT2D eigenvalue weighted by Crippen LogP contribution is 2.39. The topological polar surface area (TPSA) is 68.0 Å². The van der Waals surface area contributed by atoms with Gasteiger partial charge in [-0.3, -0.25) is 19.1 Å². The number of piperazine rings is 1. The number of alkyl halides is 3. The lowest BCUT2D eigenvalue weighted by atomic mass is 10.0. The number of fused-ring (bicyclic) bond motifs is 4. The van der Waals surface area contributed by atoms with Crippen molar-refractivity contribution in [3.63, 3.8) is 0 Å². The number of nitrogens with zero attached hydrogens (tertiary/aromatic N) is 5. The van der Waals surface area contributed by atoms with Gasteiger partial charge in [0.15, 0.2) is 0 Å². The standard InChI is InChI=1S/C33H29F3N6O/c1-19-17-41(18-20(2)39-19)29-11-9-24(14-26(29)33(34,35)36)42-31-25-13-21(23-12-22-6-4-5-7-27(22)37-15-23)8-10-28(25)38-16-30(31)40(3)32(42)43/h4-16,19-20,39H,17-18H2,1-3H3/t19-,20+. The number of para-hydroxylation sites is 1. The van der Waals surface area contributed by atoms with Gasteiger partial charge in [-0.2, -0.15) is 13.2 Å². The molecule has 7 rings (SSSR count). The van der Waals surface area contributed by atoms with Crippen LogP contribution < -0.4 is 15.9 Å². The van der Waals surface area contributed by atoms with Crippen molar-refractivity contribution in [1.29, 1.82) is 0 Å². The lowest BCUT2D eigenvalue weighted by molar-refractivity contribution is -0.137. The molecule has 3 aromatic heterocycles. The molecule has 1 aliphatic heterocycles. The van der Waals surface area contributed by atoms with E-state index >= 15 is 0 Å². The molecule has 218 valence electrons. The molecule has 1 fully saturated rings. The summed E-state index contributed by atoms with van der Waals surface area (Å²) in [4.78, 5) is 24.6. The van der Waals surface area contributed by atoms with Gasteiger partial charge in [0, 0.05) is 60.4 Å². The average molecular weight is 583 g/mol. The van der Waals surface area contributed by atoms with Crippen molar-refractivity contribution < 1.29 is 13.2 Å². The van der Waals surface area contributed by atoms with Crippen LogP contribution in [0.1, 0.15) is 19.4 Å². The second-order valence-corrected chi connectivity index (χ2v) is 11.4. The van der Waals surface area contributed by atoms with Crippen LogP contribution in [0, 0.1) is 0 Å². The molecule has 0 spiro atoms. The zero-order valence-electron chi connectivity index (χ0n) is 23.9. The third kappa shape index (κ3) is 4.62. The van der Waals surface area contributed by atoms with Gasteiger partial charge in [0.05, 0.1) is 39.5 Å². The van der Waals surface area contributed by atoms with Crippen LogP contribution in [0.2, 0.25) is 0 Å². The lowest BCUT2D eigenvalue weighted by Gasteiger charge is -2.38. The lowest BCUT2D eigenvalue weighted by Crippen LogP contribution is -2.54. The van der Waals surface area contributed by atoms with E-state index in [9.17, 15) is 18.0 Å². The van der Waals surface area contributed by atoms with Gasteiger partial charge in [0.2, 0.25) is 0 Å². The Balaban J connectivity index is 1.44. The van der Waals surface area contributed by atoms with Crippen molar-refractivity contribution >= 4 is 38.5 Å². The van der Waals surface area contributed by atoms with E-state index in [0.29, 0.717) is 35.0 Å². The minimum absolute atomic E-state index is 0.0380. The zero-order valence-corrected chi connectivity index (χ0v) is 23.9. The fraction of sp³-hybridized carbons (Fsp3) is 0.242. The Kier molecular flexibility index (Phi) is 6.28. The van der Waals surface area contributed by atoms with Gasteiger partial charge in [-0.25, -0.2) is 4.79 Å². The van der Waals surface area contributed by atoms with Gasteiger partial charge in [0.25, 0.3) is 0 Å². The van der Waals surface area contributed by atoms with Crippen LogP contribution in [0.4, 0.5) is 18.9 Å². The van der Waals surface area contributed by atoms with Crippen LogP contribution in [-0.2, 0) is 13.2 Å². The van der Waals surface area contributed by atoms with Crippen LogP contribution >= 0.6 is 0 Å². The van der Waals surface area contributed by atoms with Crippen LogP contribution in [0.15, 0.2) is 83.9 Å². The number of hydrogen-bond donors (Lipinski definition) is 1. The smallest absolute Gasteiger partial charge is 0.368 e. The first-order valence-corrected chi connectivity index (χ1v) is 14.2. The summed E-state index contributed by atoms with van der Waals surface area (Å²) in [5.74, 6) is 0. The summed E-state index contributed by atoms with van der Waals surface area (Å²) in [6.07, 6.45) is -1.23. The number of benzene rings is 3. The maximum Gasteiger partial charge on any atom is 0.418 e. The molecule has 0 amide bonds. The molecule has 10 heteroatoms. The summed E-state index contributed by atoms with van der Waals surface area (Å²) in [5, 5.41) is 5.01. The second kappa shape index (κ2) is 9.95. The molecule has 6 aromatic rings. The number of rotatable bonds is 3. The Hall–Kier alpha value is -4.70. The molecule has 0 bridgehead atoms. The van der Waals surface area contributed by atoms with E-state index in [0.717, 1.165) is 28.1 Å². The normalized spacial score (nSPS) is 17.8. The maximum absolute atomic E-state index is 14.6. The molecule has 1 aliphatic rings. The number of anilines is 1. The highest BCUT2D eigenvalue weighted by atomic mass is 19.4. The quantitative estimate of drug-likeness (QED) is 0.265. The van der Waals surface area contributed by atoms with Crippen molar-refractivity contribution in [2.24, 2.45) is 7.05 Å². The Morgan fingerprint density at radius 1 is 0.860 bits per heavy atom. The first kappa shape index (κ1) is 27.2. The molecule has 0 radical (unpaired) electrons. The minimum atomic E-state index is -4.61. The Morgan fingerprint density at radius 3 is 2.37 bits per heavy atom. The summed E-state index contributed by atoms with van der Waals surface area (Å²) in [7, 11) is 1.61. The molecular formula is C33H29F3N6O. The summed E-state index contributed by atoms with van der Waals surface area (Å²) in [6, 6.07) is 19.8. The predicted molar refractivity (Wildman–Crippen MR) is 164 cm³/mol. The molecule has 0 saturated carbocycles. The fourth-order valence-corrected chi connectivity index (χ4v) is 6.33. The third-order valence-electron chi connectivity index (χ3n) is 8.25. The fourth-order valence-electron chi connectivity index (χ4n) is 6.33. The summed E-state index contributed by atoms with van der Waals surface area (Å²) in [6.45, 7) is 4.82. The van der Waals surface area contributed by atoms with E-state index in [-0.39, 0.29) is 23.5 Å². The van der Waals surface area contributed by atoms with Gasteiger partial charge in [-0.1, -0.05) is 24.3 Å². The van der Waals surface area contributed by atoms with Gasteiger partial charge in [0.1, 0.15) is 0 Å². The van der Waals surface area contributed by atoms with Crippen LogP contribution in [0.3, 0.4) is 0 Å². The number of imidazole rings is 1. The largest absolute Gasteiger partial charge is 0.418 e. The molecular weight excluding hydrogens is 553 g/mol. The van der Waals surface area contributed by atoms with Crippen LogP contribution in [0.25, 0.3) is 49.7 Å². The van der Waals surface area contributed by atoms with Gasteiger partial charge < -0.3 is 10.2 Å². The summed E-state index contributed by atoms with van der Waals surface area (Å²) in [5.41, 5.74) is 3.30. The number of aryl methyl sites for hydroxylation is 1. The van der Waals surface area contributed by atoms with Crippen molar-refractivity contribution in [3.8, 4) is 16.8 Å². The number of halogens is 3. The number of pyridine rings is 2. The van der Waals surface area contributed by atoms with E-state index in [1.165, 1.54) is 15.2 Å². The first-order valence-electron chi connectivity index (χ1n) is 14.2. The summed E-state index contributed by atoms with van der Waals surface area (Å²) >= 11 is 0. The minimum Gasteiger partial charge on any atom is -0.368 e. The molecule has 0 unspecified atom stereocenters. The SMILES string of the molecule is C[C@@H]1CN(c2ccc(-n3c(=O)n(C)c4cnc5ccc(-c6cnc7ccccc7c6)cc5c43)cc2C(F)(F)F)C[C@H](C)N1. The number of aromatic nitrogens is 4. The maximum atomic E-state index is 14.6. The molecule has 4 heterocycles. The second-order valence-electron chi connectivity index (χ2n) is 11.4. The van der Waals surface area contributed by atoms with E-state index < -0.39 is 17.4 Å². The molecule has 3 aromatic carbocycles.